The summed E-state index contributed by atoms with van der Waals surface area (Å²) in [7, 11) is 0. The minimum Gasteiger partial charge on any atom is -0.465 e. The fraction of sp³-hybridized carbons (Fsp3) is 0.750. The lowest BCUT2D eigenvalue weighted by Crippen LogP contribution is -2.03. The van der Waals surface area contributed by atoms with Crippen LogP contribution in [0.25, 0.3) is 0 Å². The number of ether oxygens (including phenoxy) is 1. The van der Waals surface area contributed by atoms with E-state index in [1.54, 1.807) is 0 Å². The third-order valence-corrected chi connectivity index (χ3v) is 2.00. The molecule has 0 aromatic rings. The van der Waals surface area contributed by atoms with Crippen molar-refractivity contribution in [3.63, 3.8) is 0 Å². The van der Waals surface area contributed by atoms with E-state index in [1.165, 1.54) is 0 Å². The summed E-state index contributed by atoms with van der Waals surface area (Å²) < 4.78 is 4.74. The van der Waals surface area contributed by atoms with Gasteiger partial charge in [0.05, 0.1) is 6.61 Å². The van der Waals surface area contributed by atoms with Crippen molar-refractivity contribution < 1.29 is 9.53 Å². The number of hydrogen-bond donors (Lipinski definition) is 0. The van der Waals surface area contributed by atoms with Crippen LogP contribution in [0.15, 0.2) is 0 Å². The van der Waals surface area contributed by atoms with Crippen LogP contribution in [0.5, 0.6) is 0 Å². The fourth-order valence-corrected chi connectivity index (χ4v) is 0.905. The normalized spacial score (nSPS) is 30.4. The van der Waals surface area contributed by atoms with E-state index < -0.39 is 0 Å². The van der Waals surface area contributed by atoms with E-state index in [-0.39, 0.29) is 9.89 Å². The molecular formula is C4H5IO2. The van der Waals surface area contributed by atoms with Gasteiger partial charge in [0.15, 0.2) is 0 Å². The predicted molar refractivity (Wildman–Crippen MR) is 33.4 cm³/mol. The van der Waals surface area contributed by atoms with Crippen LogP contribution in [0, 0.1) is 0 Å². The van der Waals surface area contributed by atoms with Crippen LogP contribution in [-0.4, -0.2) is 16.5 Å². The molecule has 1 saturated heterocycles. The molecule has 1 atom stereocenters. The smallest absolute Gasteiger partial charge is 0.319 e. The Morgan fingerprint density at radius 2 is 2.57 bits per heavy atom. The van der Waals surface area contributed by atoms with Gasteiger partial charge < -0.3 is 4.74 Å². The van der Waals surface area contributed by atoms with Crippen molar-refractivity contribution in [2.24, 2.45) is 0 Å². The van der Waals surface area contributed by atoms with Gasteiger partial charge >= 0.3 is 5.97 Å². The van der Waals surface area contributed by atoms with Crippen LogP contribution >= 0.6 is 22.6 Å². The number of esters is 1. The zero-order valence-electron chi connectivity index (χ0n) is 3.69. The lowest BCUT2D eigenvalue weighted by Gasteiger charge is -1.86. The highest BCUT2D eigenvalue weighted by molar-refractivity contribution is 14.1. The van der Waals surface area contributed by atoms with Crippen LogP contribution in [0.2, 0.25) is 0 Å². The van der Waals surface area contributed by atoms with E-state index in [9.17, 15) is 4.79 Å². The first-order valence-corrected chi connectivity index (χ1v) is 3.36. The summed E-state index contributed by atoms with van der Waals surface area (Å²) >= 11 is 2.08. The van der Waals surface area contributed by atoms with Crippen LogP contribution in [-0.2, 0) is 9.53 Å². The molecule has 1 aliphatic heterocycles. The van der Waals surface area contributed by atoms with E-state index in [1.807, 2.05) is 0 Å². The zero-order chi connectivity index (χ0) is 5.28. The van der Waals surface area contributed by atoms with E-state index in [2.05, 4.69) is 27.3 Å². The summed E-state index contributed by atoms with van der Waals surface area (Å²) in [5, 5.41) is 0. The van der Waals surface area contributed by atoms with Gasteiger partial charge in [0.25, 0.3) is 0 Å². The first-order chi connectivity index (χ1) is 3.30. The van der Waals surface area contributed by atoms with Crippen molar-refractivity contribution >= 4 is 28.6 Å². The largest absolute Gasteiger partial charge is 0.465 e. The van der Waals surface area contributed by atoms with Gasteiger partial charge in [0.1, 0.15) is 3.92 Å². The third kappa shape index (κ3) is 1.05. The van der Waals surface area contributed by atoms with Crippen LogP contribution in [0.4, 0.5) is 0 Å². The Balaban J connectivity index is 2.48. The van der Waals surface area contributed by atoms with Crippen molar-refractivity contribution in [2.75, 3.05) is 6.61 Å². The standard InChI is InChI=1S/C4H5IO2/c5-3-1-2-7-4(3)6/h3H,1-2H2/t3-/m0/s1. The second-order valence-electron chi connectivity index (χ2n) is 1.42. The number of hydrogen-bond acceptors (Lipinski definition) is 2. The van der Waals surface area contributed by atoms with Gasteiger partial charge in [-0.3, -0.25) is 4.79 Å². The summed E-state index contributed by atoms with van der Waals surface area (Å²) in [4.78, 5) is 10.3. The topological polar surface area (TPSA) is 26.3 Å². The van der Waals surface area contributed by atoms with Crippen LogP contribution in [0.1, 0.15) is 6.42 Å². The zero-order valence-corrected chi connectivity index (χ0v) is 5.84. The molecule has 0 unspecified atom stereocenters. The first kappa shape index (κ1) is 5.34. The average molecular weight is 212 g/mol. The molecule has 1 aliphatic rings. The second kappa shape index (κ2) is 1.98. The molecule has 0 bridgehead atoms. The fourth-order valence-electron chi connectivity index (χ4n) is 0.471. The summed E-state index contributed by atoms with van der Waals surface area (Å²) in [5.41, 5.74) is 0. The number of halogens is 1. The van der Waals surface area contributed by atoms with Gasteiger partial charge in [-0.25, -0.2) is 0 Å². The van der Waals surface area contributed by atoms with E-state index in [0.717, 1.165) is 6.42 Å². The predicted octanol–water partition coefficient (Wildman–Crippen LogP) is 0.737. The monoisotopic (exact) mass is 212 g/mol. The molecule has 0 aromatic carbocycles. The maximum atomic E-state index is 10.3. The molecule has 40 valence electrons. The van der Waals surface area contributed by atoms with Crippen molar-refractivity contribution in [1.82, 2.24) is 0 Å². The summed E-state index contributed by atoms with van der Waals surface area (Å²) in [6.07, 6.45) is 0.888. The Bertz CT molecular complexity index is 91.7. The molecule has 0 spiro atoms. The highest BCUT2D eigenvalue weighted by Crippen LogP contribution is 2.14. The van der Waals surface area contributed by atoms with Gasteiger partial charge in [-0.15, -0.1) is 0 Å². The van der Waals surface area contributed by atoms with Crippen molar-refractivity contribution in [2.45, 2.75) is 10.3 Å². The number of rotatable bonds is 0. The molecule has 2 nitrogen and oxygen atoms in total. The molecule has 0 amide bonds. The van der Waals surface area contributed by atoms with E-state index >= 15 is 0 Å². The molecule has 0 radical (unpaired) electrons. The van der Waals surface area contributed by atoms with Crippen LogP contribution in [0.3, 0.4) is 0 Å². The number of cyclic esters (lactones) is 1. The van der Waals surface area contributed by atoms with Crippen molar-refractivity contribution in [1.29, 1.82) is 0 Å². The average Bonchev–Trinajstić information content (AvgIpc) is 1.91. The maximum absolute atomic E-state index is 10.3. The molecule has 0 aromatic heterocycles. The lowest BCUT2D eigenvalue weighted by atomic mass is 10.4. The van der Waals surface area contributed by atoms with Crippen molar-refractivity contribution in [3.8, 4) is 0 Å². The van der Waals surface area contributed by atoms with Crippen LogP contribution < -0.4 is 0 Å². The molecule has 7 heavy (non-hydrogen) atoms. The molecule has 0 saturated carbocycles. The number of alkyl halides is 1. The molecule has 1 rings (SSSR count). The summed E-state index contributed by atoms with van der Waals surface area (Å²) in [6, 6.07) is 0. The Morgan fingerprint density at radius 1 is 1.86 bits per heavy atom. The second-order valence-corrected chi connectivity index (χ2v) is 2.93. The van der Waals surface area contributed by atoms with E-state index in [4.69, 9.17) is 0 Å². The van der Waals surface area contributed by atoms with Gasteiger partial charge in [0, 0.05) is 6.42 Å². The highest BCUT2D eigenvalue weighted by atomic mass is 127. The van der Waals surface area contributed by atoms with Crippen molar-refractivity contribution in [3.05, 3.63) is 0 Å². The summed E-state index contributed by atoms with van der Waals surface area (Å²) in [5.74, 6) is -0.0550. The molecule has 0 aliphatic carbocycles. The molecule has 1 heterocycles. The highest BCUT2D eigenvalue weighted by Gasteiger charge is 2.22. The molecule has 0 N–H and O–H groups in total. The Morgan fingerprint density at radius 3 is 2.71 bits per heavy atom. The minimum atomic E-state index is -0.0550. The maximum Gasteiger partial charge on any atom is 0.319 e. The van der Waals surface area contributed by atoms with E-state index in [0.29, 0.717) is 6.61 Å². The lowest BCUT2D eigenvalue weighted by molar-refractivity contribution is -0.137. The van der Waals surface area contributed by atoms with Gasteiger partial charge in [0.2, 0.25) is 0 Å². The quantitative estimate of drug-likeness (QED) is 0.336. The molecule has 3 heteroatoms. The van der Waals surface area contributed by atoms with Gasteiger partial charge in [-0.2, -0.15) is 0 Å². The van der Waals surface area contributed by atoms with Gasteiger partial charge in [-0.05, 0) is 0 Å². The summed E-state index contributed by atoms with van der Waals surface area (Å²) in [6.45, 7) is 0.617. The number of carbonyl (C=O) groups is 1. The SMILES string of the molecule is O=C1OCC[C@@H]1I. The number of carbonyl (C=O) groups excluding carboxylic acids is 1. The first-order valence-electron chi connectivity index (χ1n) is 2.11. The Hall–Kier alpha value is 0.200. The Kier molecular flexibility index (Phi) is 1.51. The minimum absolute atomic E-state index is 0.0550. The molecular weight excluding hydrogens is 207 g/mol. The third-order valence-electron chi connectivity index (χ3n) is 0.871. The van der Waals surface area contributed by atoms with Gasteiger partial charge in [-0.1, -0.05) is 22.6 Å². The Labute approximate surface area is 55.4 Å². The molecule has 1 fully saturated rings.